The molecule has 6 heteroatoms. The van der Waals surface area contributed by atoms with Crippen LogP contribution in [0.15, 0.2) is 42.5 Å². The van der Waals surface area contributed by atoms with E-state index < -0.39 is 0 Å². The first-order valence-corrected chi connectivity index (χ1v) is 6.58. The Morgan fingerprint density at radius 3 is 2.57 bits per heavy atom. The highest BCUT2D eigenvalue weighted by atomic mass is 35.5. The van der Waals surface area contributed by atoms with Crippen LogP contribution < -0.4 is 20.5 Å². The molecule has 0 atom stereocenters. The predicted octanol–water partition coefficient (Wildman–Crippen LogP) is 2.95. The van der Waals surface area contributed by atoms with Gasteiger partial charge in [0.25, 0.3) is 5.91 Å². The molecule has 110 valence electrons. The lowest BCUT2D eigenvalue weighted by Gasteiger charge is -2.09. The van der Waals surface area contributed by atoms with Crippen molar-refractivity contribution in [1.82, 2.24) is 0 Å². The smallest absolute Gasteiger partial charge is 0.262 e. The van der Waals surface area contributed by atoms with Crippen LogP contribution in [-0.2, 0) is 4.79 Å². The zero-order valence-corrected chi connectivity index (χ0v) is 12.2. The number of nitrogen functional groups attached to an aromatic ring is 1. The molecule has 0 aliphatic rings. The zero-order valence-electron chi connectivity index (χ0n) is 11.4. The number of rotatable bonds is 5. The summed E-state index contributed by atoms with van der Waals surface area (Å²) >= 11 is 5.96. The lowest BCUT2D eigenvalue weighted by atomic mass is 10.3. The van der Waals surface area contributed by atoms with Gasteiger partial charge in [-0.2, -0.15) is 0 Å². The molecule has 0 heterocycles. The van der Waals surface area contributed by atoms with Crippen molar-refractivity contribution in [2.45, 2.75) is 0 Å². The zero-order chi connectivity index (χ0) is 15.2. The van der Waals surface area contributed by atoms with Gasteiger partial charge in [-0.3, -0.25) is 4.79 Å². The number of halogens is 1. The summed E-state index contributed by atoms with van der Waals surface area (Å²) in [5, 5.41) is 3.07. The Morgan fingerprint density at radius 1 is 1.24 bits per heavy atom. The fourth-order valence-corrected chi connectivity index (χ4v) is 1.89. The van der Waals surface area contributed by atoms with Gasteiger partial charge < -0.3 is 20.5 Å². The van der Waals surface area contributed by atoms with Crippen molar-refractivity contribution in [3.63, 3.8) is 0 Å². The van der Waals surface area contributed by atoms with Crippen molar-refractivity contribution in [2.75, 3.05) is 24.8 Å². The third kappa shape index (κ3) is 4.29. The Bertz CT molecular complexity index is 629. The van der Waals surface area contributed by atoms with Crippen LogP contribution in [0.3, 0.4) is 0 Å². The quantitative estimate of drug-likeness (QED) is 0.833. The van der Waals surface area contributed by atoms with Gasteiger partial charge in [0.2, 0.25) is 0 Å². The highest BCUT2D eigenvalue weighted by molar-refractivity contribution is 6.32. The first-order valence-electron chi connectivity index (χ1n) is 6.20. The summed E-state index contributed by atoms with van der Waals surface area (Å²) in [6, 6.07) is 11.8. The summed E-state index contributed by atoms with van der Waals surface area (Å²) in [7, 11) is 1.58. The maximum absolute atomic E-state index is 11.8. The molecule has 5 nitrogen and oxygen atoms in total. The van der Waals surface area contributed by atoms with Crippen molar-refractivity contribution < 1.29 is 14.3 Å². The molecule has 0 aliphatic carbocycles. The van der Waals surface area contributed by atoms with E-state index >= 15 is 0 Å². The molecule has 0 spiro atoms. The monoisotopic (exact) mass is 306 g/mol. The molecular weight excluding hydrogens is 292 g/mol. The van der Waals surface area contributed by atoms with E-state index in [1.807, 2.05) is 0 Å². The van der Waals surface area contributed by atoms with E-state index in [-0.39, 0.29) is 12.5 Å². The molecule has 0 aromatic heterocycles. The fraction of sp³-hybridized carbons (Fsp3) is 0.133. The van der Waals surface area contributed by atoms with Gasteiger partial charge in [-0.1, -0.05) is 11.6 Å². The van der Waals surface area contributed by atoms with E-state index in [0.29, 0.717) is 22.1 Å². The standard InChI is InChI=1S/C15H15ClN2O3/c1-20-12-5-3-11(4-6-12)18-15(19)9-21-14-7-2-10(17)8-13(14)16/h2-8H,9,17H2,1H3,(H,18,19). The van der Waals surface area contributed by atoms with Crippen LogP contribution in [0.1, 0.15) is 0 Å². The van der Waals surface area contributed by atoms with E-state index in [2.05, 4.69) is 5.32 Å². The molecular formula is C15H15ClN2O3. The highest BCUT2D eigenvalue weighted by Gasteiger charge is 2.07. The second-order valence-electron chi connectivity index (χ2n) is 4.26. The summed E-state index contributed by atoms with van der Waals surface area (Å²) in [6.07, 6.45) is 0. The summed E-state index contributed by atoms with van der Waals surface area (Å²) in [5.41, 5.74) is 6.78. The highest BCUT2D eigenvalue weighted by Crippen LogP contribution is 2.26. The molecule has 0 saturated carbocycles. The molecule has 0 saturated heterocycles. The van der Waals surface area contributed by atoms with Gasteiger partial charge in [0.1, 0.15) is 11.5 Å². The van der Waals surface area contributed by atoms with E-state index in [4.69, 9.17) is 26.8 Å². The Morgan fingerprint density at radius 2 is 1.95 bits per heavy atom. The molecule has 0 radical (unpaired) electrons. The van der Waals surface area contributed by atoms with E-state index in [0.717, 1.165) is 5.75 Å². The number of nitrogens with two attached hydrogens (primary N) is 1. The number of benzene rings is 2. The molecule has 0 bridgehead atoms. The first-order chi connectivity index (χ1) is 10.1. The number of carbonyl (C=O) groups excluding carboxylic acids is 1. The molecule has 1 amide bonds. The molecule has 2 aromatic carbocycles. The fourth-order valence-electron chi connectivity index (χ4n) is 1.65. The molecule has 21 heavy (non-hydrogen) atoms. The van der Waals surface area contributed by atoms with Gasteiger partial charge in [0.15, 0.2) is 6.61 Å². The lowest BCUT2D eigenvalue weighted by molar-refractivity contribution is -0.118. The van der Waals surface area contributed by atoms with Crippen LogP contribution in [0, 0.1) is 0 Å². The minimum absolute atomic E-state index is 0.143. The minimum Gasteiger partial charge on any atom is -0.497 e. The molecule has 0 fully saturated rings. The van der Waals surface area contributed by atoms with Gasteiger partial charge in [-0.15, -0.1) is 0 Å². The van der Waals surface area contributed by atoms with Gasteiger partial charge >= 0.3 is 0 Å². The largest absolute Gasteiger partial charge is 0.497 e. The van der Waals surface area contributed by atoms with Crippen molar-refractivity contribution in [3.05, 3.63) is 47.5 Å². The summed E-state index contributed by atoms with van der Waals surface area (Å²) in [4.78, 5) is 11.8. The third-order valence-corrected chi connectivity index (χ3v) is 2.98. The number of anilines is 2. The molecule has 2 rings (SSSR count). The Hall–Kier alpha value is -2.40. The van der Waals surface area contributed by atoms with Gasteiger partial charge in [0.05, 0.1) is 12.1 Å². The van der Waals surface area contributed by atoms with Gasteiger partial charge in [0, 0.05) is 11.4 Å². The van der Waals surface area contributed by atoms with E-state index in [1.54, 1.807) is 49.6 Å². The summed E-state index contributed by atoms with van der Waals surface area (Å²) < 4.78 is 10.4. The van der Waals surface area contributed by atoms with Crippen LogP contribution in [-0.4, -0.2) is 19.6 Å². The summed E-state index contributed by atoms with van der Waals surface area (Å²) in [5.74, 6) is 0.849. The Labute approximate surface area is 127 Å². The number of hydrogen-bond donors (Lipinski definition) is 2. The van der Waals surface area contributed by atoms with Crippen molar-refractivity contribution in [3.8, 4) is 11.5 Å². The summed E-state index contributed by atoms with van der Waals surface area (Å²) in [6.45, 7) is -0.143. The van der Waals surface area contributed by atoms with Gasteiger partial charge in [-0.25, -0.2) is 0 Å². The lowest BCUT2D eigenvalue weighted by Crippen LogP contribution is -2.20. The number of nitrogens with one attached hydrogen (secondary N) is 1. The van der Waals surface area contributed by atoms with Crippen LogP contribution in [0.5, 0.6) is 11.5 Å². The average Bonchev–Trinajstić information content (AvgIpc) is 2.47. The second kappa shape index (κ2) is 6.85. The van der Waals surface area contributed by atoms with Crippen molar-refractivity contribution >= 4 is 28.9 Å². The normalized spacial score (nSPS) is 10.0. The van der Waals surface area contributed by atoms with Crippen LogP contribution in [0.25, 0.3) is 0 Å². The molecule has 2 aromatic rings. The third-order valence-electron chi connectivity index (χ3n) is 2.69. The van der Waals surface area contributed by atoms with Crippen LogP contribution >= 0.6 is 11.6 Å². The maximum Gasteiger partial charge on any atom is 0.262 e. The van der Waals surface area contributed by atoms with E-state index in [1.165, 1.54) is 0 Å². The Balaban J connectivity index is 1.89. The second-order valence-corrected chi connectivity index (χ2v) is 4.66. The maximum atomic E-state index is 11.8. The average molecular weight is 307 g/mol. The minimum atomic E-state index is -0.284. The van der Waals surface area contributed by atoms with Crippen molar-refractivity contribution in [1.29, 1.82) is 0 Å². The topological polar surface area (TPSA) is 73.6 Å². The number of methoxy groups -OCH3 is 1. The van der Waals surface area contributed by atoms with Gasteiger partial charge in [-0.05, 0) is 42.5 Å². The SMILES string of the molecule is COc1ccc(NC(=O)COc2ccc(N)cc2Cl)cc1. The first kappa shape index (κ1) is 15.0. The van der Waals surface area contributed by atoms with Crippen LogP contribution in [0.4, 0.5) is 11.4 Å². The van der Waals surface area contributed by atoms with Crippen LogP contribution in [0.2, 0.25) is 5.02 Å². The van der Waals surface area contributed by atoms with E-state index in [9.17, 15) is 4.79 Å². The predicted molar refractivity (Wildman–Crippen MR) is 83.0 cm³/mol. The molecule has 3 N–H and O–H groups in total. The molecule has 0 unspecified atom stereocenters. The number of ether oxygens (including phenoxy) is 2. The number of carbonyl (C=O) groups is 1. The molecule has 0 aliphatic heterocycles. The number of amides is 1. The Kier molecular flexibility index (Phi) is 4.90. The van der Waals surface area contributed by atoms with Crippen molar-refractivity contribution in [2.24, 2.45) is 0 Å². The number of hydrogen-bond acceptors (Lipinski definition) is 4.